The lowest BCUT2D eigenvalue weighted by Crippen LogP contribution is -2.37. The Labute approximate surface area is 133 Å². The van der Waals surface area contributed by atoms with Crippen LogP contribution in [-0.2, 0) is 16.0 Å². The summed E-state index contributed by atoms with van der Waals surface area (Å²) in [7, 11) is 0. The Balaban J connectivity index is 2.69. The monoisotopic (exact) mass is 324 g/mol. The molecule has 1 rings (SSSR count). The van der Waals surface area contributed by atoms with Gasteiger partial charge in [-0.3, -0.25) is 14.9 Å². The Morgan fingerprint density at radius 1 is 1.39 bits per heavy atom. The number of amides is 1. The van der Waals surface area contributed by atoms with E-state index < -0.39 is 28.5 Å². The van der Waals surface area contributed by atoms with Gasteiger partial charge >= 0.3 is 12.1 Å². The number of hydrogen-bond acceptors (Lipinski definition) is 5. The Hall–Kier alpha value is -2.64. The summed E-state index contributed by atoms with van der Waals surface area (Å²) < 4.78 is 5.04. The van der Waals surface area contributed by atoms with Crippen LogP contribution in [0.1, 0.15) is 26.3 Å². The summed E-state index contributed by atoms with van der Waals surface area (Å²) in [4.78, 5) is 33.1. The molecule has 1 aromatic carbocycles. The largest absolute Gasteiger partial charge is 0.481 e. The molecule has 0 aliphatic heterocycles. The van der Waals surface area contributed by atoms with Crippen molar-refractivity contribution in [3.8, 4) is 0 Å². The number of nitrogens with zero attached hydrogens (tertiary/aromatic N) is 1. The van der Waals surface area contributed by atoms with Gasteiger partial charge in [0.1, 0.15) is 5.60 Å². The van der Waals surface area contributed by atoms with E-state index >= 15 is 0 Å². The first-order chi connectivity index (χ1) is 10.6. The Bertz CT molecular complexity index is 594. The molecule has 1 atom stereocenters. The van der Waals surface area contributed by atoms with Gasteiger partial charge in [0.25, 0.3) is 5.69 Å². The van der Waals surface area contributed by atoms with E-state index in [0.29, 0.717) is 5.56 Å². The van der Waals surface area contributed by atoms with E-state index in [2.05, 4.69) is 5.32 Å². The van der Waals surface area contributed by atoms with E-state index in [4.69, 9.17) is 4.74 Å². The molecule has 0 fully saturated rings. The first kappa shape index (κ1) is 18.4. The average Bonchev–Trinajstić information content (AvgIpc) is 2.41. The minimum absolute atomic E-state index is 0.0623. The van der Waals surface area contributed by atoms with E-state index in [-0.39, 0.29) is 18.7 Å². The van der Waals surface area contributed by atoms with Gasteiger partial charge in [-0.25, -0.2) is 4.79 Å². The lowest BCUT2D eigenvalue weighted by atomic mass is 9.99. The van der Waals surface area contributed by atoms with Gasteiger partial charge in [-0.2, -0.15) is 0 Å². The maximum absolute atomic E-state index is 11.6. The number of alkyl carbamates (subject to hydrolysis) is 1. The number of benzene rings is 1. The van der Waals surface area contributed by atoms with Crippen molar-refractivity contribution in [2.24, 2.45) is 5.92 Å². The zero-order chi connectivity index (χ0) is 17.6. The van der Waals surface area contributed by atoms with Gasteiger partial charge in [0.2, 0.25) is 0 Å². The first-order valence-corrected chi connectivity index (χ1v) is 7.01. The number of ether oxygens (including phenoxy) is 1. The zero-order valence-corrected chi connectivity index (χ0v) is 13.2. The van der Waals surface area contributed by atoms with E-state index in [1.54, 1.807) is 26.8 Å². The van der Waals surface area contributed by atoms with Crippen LogP contribution < -0.4 is 5.32 Å². The summed E-state index contributed by atoms with van der Waals surface area (Å²) in [5.74, 6) is -2.02. The van der Waals surface area contributed by atoms with Crippen molar-refractivity contribution in [1.82, 2.24) is 5.32 Å². The second-order valence-electron chi connectivity index (χ2n) is 6.05. The number of nitro benzene ring substituents is 1. The van der Waals surface area contributed by atoms with Crippen LogP contribution in [0.2, 0.25) is 0 Å². The highest BCUT2D eigenvalue weighted by molar-refractivity contribution is 5.73. The topological polar surface area (TPSA) is 119 Å². The molecule has 0 unspecified atom stereocenters. The summed E-state index contributed by atoms with van der Waals surface area (Å²) in [5, 5.41) is 22.4. The highest BCUT2D eigenvalue weighted by Gasteiger charge is 2.22. The van der Waals surface area contributed by atoms with Crippen molar-refractivity contribution in [1.29, 1.82) is 0 Å². The number of aliphatic carboxylic acids is 1. The van der Waals surface area contributed by atoms with Gasteiger partial charge in [0.15, 0.2) is 0 Å². The number of hydrogen-bond donors (Lipinski definition) is 2. The SMILES string of the molecule is CC(C)(C)OC(=O)NC[C@@H](Cc1cccc([N+](=O)[O-])c1)C(=O)O. The molecule has 2 N–H and O–H groups in total. The standard InChI is InChI=1S/C15H20N2O6/c1-15(2,3)23-14(20)16-9-11(13(18)19)7-10-5-4-6-12(8-10)17(21)22/h4-6,8,11H,7,9H2,1-3H3,(H,16,20)(H,18,19)/t11-/m1/s1. The van der Waals surface area contributed by atoms with Gasteiger partial charge in [0, 0.05) is 18.7 Å². The maximum Gasteiger partial charge on any atom is 0.407 e. The number of nitrogens with one attached hydrogen (secondary N) is 1. The van der Waals surface area contributed by atoms with E-state index in [0.717, 1.165) is 0 Å². The van der Waals surface area contributed by atoms with Gasteiger partial charge in [-0.05, 0) is 32.8 Å². The molecule has 0 aliphatic rings. The van der Waals surface area contributed by atoms with Crippen LogP contribution in [0.15, 0.2) is 24.3 Å². The highest BCUT2D eigenvalue weighted by atomic mass is 16.6. The van der Waals surface area contributed by atoms with E-state index in [1.165, 1.54) is 18.2 Å². The predicted octanol–water partition coefficient (Wildman–Crippen LogP) is 2.36. The van der Waals surface area contributed by atoms with Crippen LogP contribution in [0, 0.1) is 16.0 Å². The van der Waals surface area contributed by atoms with Gasteiger partial charge in [-0.15, -0.1) is 0 Å². The Kier molecular flexibility index (Phi) is 6.06. The first-order valence-electron chi connectivity index (χ1n) is 7.01. The van der Waals surface area contributed by atoms with Crippen LogP contribution >= 0.6 is 0 Å². The highest BCUT2D eigenvalue weighted by Crippen LogP contribution is 2.16. The number of rotatable bonds is 6. The molecule has 0 heterocycles. The molecule has 0 saturated heterocycles. The molecule has 0 aromatic heterocycles. The number of carboxylic acids is 1. The minimum Gasteiger partial charge on any atom is -0.481 e. The molecule has 8 heteroatoms. The molecular weight excluding hydrogens is 304 g/mol. The van der Waals surface area contributed by atoms with E-state index in [1.807, 2.05) is 0 Å². The summed E-state index contributed by atoms with van der Waals surface area (Å²) in [6, 6.07) is 5.76. The molecule has 0 radical (unpaired) electrons. The van der Waals surface area contributed by atoms with Crippen LogP contribution in [-0.4, -0.2) is 34.2 Å². The molecule has 0 aliphatic carbocycles. The predicted molar refractivity (Wildman–Crippen MR) is 82.2 cm³/mol. The van der Waals surface area contributed by atoms with Crippen LogP contribution in [0.3, 0.4) is 0 Å². The number of nitro groups is 1. The van der Waals surface area contributed by atoms with E-state index in [9.17, 15) is 24.8 Å². The molecule has 126 valence electrons. The van der Waals surface area contributed by atoms with Crippen LogP contribution in [0.25, 0.3) is 0 Å². The van der Waals surface area contributed by atoms with Gasteiger partial charge in [0.05, 0.1) is 10.8 Å². The smallest absolute Gasteiger partial charge is 0.407 e. The molecule has 0 bridgehead atoms. The fraction of sp³-hybridized carbons (Fsp3) is 0.467. The summed E-state index contributed by atoms with van der Waals surface area (Å²) in [5.41, 5.74) is -0.271. The lowest BCUT2D eigenvalue weighted by molar-refractivity contribution is -0.384. The third-order valence-corrected chi connectivity index (χ3v) is 2.84. The van der Waals surface area contributed by atoms with Crippen molar-refractivity contribution in [2.75, 3.05) is 6.54 Å². The summed E-state index contributed by atoms with van der Waals surface area (Å²) in [6.45, 7) is 4.96. The van der Waals surface area contributed by atoms with Crippen molar-refractivity contribution < 1.29 is 24.4 Å². The quantitative estimate of drug-likeness (QED) is 0.612. The summed E-state index contributed by atoms with van der Waals surface area (Å²) in [6.07, 6.45) is -0.643. The van der Waals surface area contributed by atoms with Crippen molar-refractivity contribution in [3.63, 3.8) is 0 Å². The molecule has 23 heavy (non-hydrogen) atoms. The zero-order valence-electron chi connectivity index (χ0n) is 13.2. The summed E-state index contributed by atoms with van der Waals surface area (Å²) >= 11 is 0. The molecular formula is C15H20N2O6. The molecule has 0 spiro atoms. The van der Waals surface area contributed by atoms with Crippen LogP contribution in [0.5, 0.6) is 0 Å². The van der Waals surface area contributed by atoms with Gasteiger partial charge in [-0.1, -0.05) is 12.1 Å². The normalized spacial score (nSPS) is 12.3. The van der Waals surface area contributed by atoms with Crippen LogP contribution in [0.4, 0.5) is 10.5 Å². The molecule has 1 amide bonds. The second kappa shape index (κ2) is 7.57. The van der Waals surface area contributed by atoms with Gasteiger partial charge < -0.3 is 15.2 Å². The molecule has 1 aromatic rings. The third kappa shape index (κ3) is 6.77. The van der Waals surface area contributed by atoms with Crippen molar-refractivity contribution in [3.05, 3.63) is 39.9 Å². The fourth-order valence-electron chi connectivity index (χ4n) is 1.85. The molecule has 0 saturated carbocycles. The number of carbonyl (C=O) groups excluding carboxylic acids is 1. The Morgan fingerprint density at radius 2 is 2.04 bits per heavy atom. The fourth-order valence-corrected chi connectivity index (χ4v) is 1.85. The Morgan fingerprint density at radius 3 is 2.57 bits per heavy atom. The number of carbonyl (C=O) groups is 2. The van der Waals surface area contributed by atoms with Crippen molar-refractivity contribution in [2.45, 2.75) is 32.8 Å². The number of non-ortho nitro benzene ring substituents is 1. The minimum atomic E-state index is -1.10. The third-order valence-electron chi connectivity index (χ3n) is 2.84. The average molecular weight is 324 g/mol. The molecule has 8 nitrogen and oxygen atoms in total. The lowest BCUT2D eigenvalue weighted by Gasteiger charge is -2.20. The number of carboxylic acid groups (broad SMARTS) is 1. The van der Waals surface area contributed by atoms with Crippen molar-refractivity contribution >= 4 is 17.7 Å². The second-order valence-corrected chi connectivity index (χ2v) is 6.05. The maximum atomic E-state index is 11.6.